The minimum atomic E-state index is -4.81. The van der Waals surface area contributed by atoms with Crippen molar-refractivity contribution in [2.75, 3.05) is 11.9 Å². The first-order chi connectivity index (χ1) is 13.8. The molecule has 0 saturated heterocycles. The van der Waals surface area contributed by atoms with Crippen LogP contribution in [0.15, 0.2) is 60.2 Å². The number of ether oxygens (including phenoxy) is 1. The molecular formula is C18H15F3N4O3S. The van der Waals surface area contributed by atoms with Crippen LogP contribution in [0.4, 0.5) is 18.9 Å². The van der Waals surface area contributed by atoms with E-state index in [1.54, 1.807) is 23.1 Å². The molecule has 2 N–H and O–H groups in total. The van der Waals surface area contributed by atoms with E-state index >= 15 is 0 Å². The van der Waals surface area contributed by atoms with E-state index in [9.17, 15) is 22.8 Å². The van der Waals surface area contributed by atoms with Crippen LogP contribution in [0.1, 0.15) is 10.9 Å². The summed E-state index contributed by atoms with van der Waals surface area (Å²) in [5, 5.41) is 10.9. The molecule has 1 aromatic carbocycles. The molecule has 0 spiro atoms. The van der Waals surface area contributed by atoms with Gasteiger partial charge in [-0.15, -0.1) is 24.5 Å². The third-order valence-electron chi connectivity index (χ3n) is 3.72. The van der Waals surface area contributed by atoms with Gasteiger partial charge in [0, 0.05) is 29.5 Å². The number of hydrogen-bond donors (Lipinski definition) is 2. The third kappa shape index (κ3) is 5.82. The monoisotopic (exact) mass is 424 g/mol. The molecule has 0 fully saturated rings. The van der Waals surface area contributed by atoms with Gasteiger partial charge in [-0.05, 0) is 41.8 Å². The fourth-order valence-electron chi connectivity index (χ4n) is 2.47. The number of halogens is 3. The van der Waals surface area contributed by atoms with E-state index in [0.717, 1.165) is 17.0 Å². The zero-order chi connectivity index (χ0) is 20.9. The maximum absolute atomic E-state index is 12.2. The first-order valence-electron chi connectivity index (χ1n) is 8.29. The topological polar surface area (TPSA) is 85.2 Å². The average Bonchev–Trinajstić information content (AvgIpc) is 3.36. The summed E-state index contributed by atoms with van der Waals surface area (Å²) in [7, 11) is 0. The van der Waals surface area contributed by atoms with Crippen molar-refractivity contribution in [3.8, 4) is 5.75 Å². The van der Waals surface area contributed by atoms with Gasteiger partial charge in [0.15, 0.2) is 0 Å². The van der Waals surface area contributed by atoms with Crippen molar-refractivity contribution in [2.45, 2.75) is 12.4 Å². The lowest BCUT2D eigenvalue weighted by Gasteiger charge is -2.17. The van der Waals surface area contributed by atoms with Crippen LogP contribution in [0.3, 0.4) is 0 Å². The molecule has 0 bridgehead atoms. The number of nitrogens with zero attached hydrogens (tertiary/aromatic N) is 2. The molecule has 3 rings (SSSR count). The molecule has 11 heteroatoms. The van der Waals surface area contributed by atoms with Gasteiger partial charge in [-0.2, -0.15) is 5.10 Å². The van der Waals surface area contributed by atoms with Gasteiger partial charge in [0.25, 0.3) is 0 Å². The van der Waals surface area contributed by atoms with Gasteiger partial charge in [-0.1, -0.05) is 6.07 Å². The Balaban J connectivity index is 1.57. The summed E-state index contributed by atoms with van der Waals surface area (Å²) in [5.74, 6) is -2.26. The smallest absolute Gasteiger partial charge is 0.406 e. The highest BCUT2D eigenvalue weighted by Crippen LogP contribution is 2.24. The third-order valence-corrected chi connectivity index (χ3v) is 4.70. The molecule has 7 nitrogen and oxygen atoms in total. The number of carbonyl (C=O) groups excluding carboxylic acids is 2. The second-order valence-corrected chi connectivity index (χ2v) is 6.73. The van der Waals surface area contributed by atoms with Crippen molar-refractivity contribution in [2.24, 2.45) is 0 Å². The van der Waals surface area contributed by atoms with Crippen LogP contribution in [-0.2, 0) is 9.59 Å². The number of benzene rings is 1. The first kappa shape index (κ1) is 20.4. The van der Waals surface area contributed by atoms with E-state index in [1.807, 2.05) is 17.5 Å². The Kier molecular flexibility index (Phi) is 6.17. The molecule has 2 aromatic heterocycles. The van der Waals surface area contributed by atoms with Gasteiger partial charge in [-0.25, -0.2) is 0 Å². The summed E-state index contributed by atoms with van der Waals surface area (Å²) in [6.07, 6.45) is -1.44. The molecular weight excluding hydrogens is 409 g/mol. The molecule has 1 unspecified atom stereocenters. The lowest BCUT2D eigenvalue weighted by atomic mass is 10.2. The minimum absolute atomic E-state index is 0.132. The van der Waals surface area contributed by atoms with Crippen LogP contribution in [-0.4, -0.2) is 34.5 Å². The molecule has 2 amide bonds. The maximum Gasteiger partial charge on any atom is 0.573 e. The number of nitrogens with one attached hydrogen (secondary N) is 2. The number of anilines is 1. The summed E-state index contributed by atoms with van der Waals surface area (Å²) in [5.41, 5.74) is 0.154. The average molecular weight is 424 g/mol. The van der Waals surface area contributed by atoms with Gasteiger partial charge in [0.2, 0.25) is 0 Å². The van der Waals surface area contributed by atoms with Crippen molar-refractivity contribution >= 4 is 28.8 Å². The number of rotatable bonds is 6. The van der Waals surface area contributed by atoms with E-state index in [0.29, 0.717) is 0 Å². The zero-order valence-corrected chi connectivity index (χ0v) is 15.5. The largest absolute Gasteiger partial charge is 0.573 e. The summed E-state index contributed by atoms with van der Waals surface area (Å²) in [6.45, 7) is 0.132. The van der Waals surface area contributed by atoms with Gasteiger partial charge >= 0.3 is 18.2 Å². The standard InChI is InChI=1S/C18H15F3N4O3S/c19-18(20,21)28-13-6-4-12(5-7-13)24-17(27)16(26)22-11-14(15-3-1-10-29-15)25-9-2-8-23-25/h1-10,14H,11H2,(H,22,26)(H,24,27). The van der Waals surface area contributed by atoms with Crippen LogP contribution < -0.4 is 15.4 Å². The molecule has 0 saturated carbocycles. The van der Waals surface area contributed by atoms with Crippen LogP contribution in [0.5, 0.6) is 5.75 Å². The summed E-state index contributed by atoms with van der Waals surface area (Å²) in [6, 6.07) is 9.71. The molecule has 3 aromatic rings. The molecule has 0 aliphatic rings. The second-order valence-electron chi connectivity index (χ2n) is 5.75. The Morgan fingerprint density at radius 2 is 1.90 bits per heavy atom. The highest BCUT2D eigenvalue weighted by molar-refractivity contribution is 7.10. The number of alkyl halides is 3. The Morgan fingerprint density at radius 3 is 2.48 bits per heavy atom. The van der Waals surface area contributed by atoms with Gasteiger partial charge in [-0.3, -0.25) is 14.3 Å². The SMILES string of the molecule is O=C(NCC(c1cccs1)n1cccn1)C(=O)Nc1ccc(OC(F)(F)F)cc1. The predicted octanol–water partition coefficient (Wildman–Crippen LogP) is 3.19. The highest BCUT2D eigenvalue weighted by Gasteiger charge is 2.31. The minimum Gasteiger partial charge on any atom is -0.406 e. The van der Waals surface area contributed by atoms with Gasteiger partial charge in [0.1, 0.15) is 11.8 Å². The second kappa shape index (κ2) is 8.78. The zero-order valence-electron chi connectivity index (χ0n) is 14.7. The quantitative estimate of drug-likeness (QED) is 0.596. The fourth-order valence-corrected chi connectivity index (χ4v) is 3.29. The van der Waals surface area contributed by atoms with Gasteiger partial charge < -0.3 is 15.4 Å². The Hall–Kier alpha value is -3.34. The molecule has 0 radical (unpaired) electrons. The first-order valence-corrected chi connectivity index (χ1v) is 9.17. The van der Waals surface area contributed by atoms with Crippen LogP contribution >= 0.6 is 11.3 Å². The summed E-state index contributed by atoms with van der Waals surface area (Å²) >= 11 is 1.49. The predicted molar refractivity (Wildman–Crippen MR) is 99.4 cm³/mol. The molecule has 0 aliphatic heterocycles. The number of thiophene rings is 1. The number of hydrogen-bond acceptors (Lipinski definition) is 5. The fraction of sp³-hybridized carbons (Fsp3) is 0.167. The van der Waals surface area contributed by atoms with E-state index in [-0.39, 0.29) is 18.3 Å². The maximum atomic E-state index is 12.2. The molecule has 0 aliphatic carbocycles. The van der Waals surface area contributed by atoms with E-state index < -0.39 is 23.9 Å². The molecule has 1 atom stereocenters. The number of carbonyl (C=O) groups is 2. The van der Waals surface area contributed by atoms with E-state index in [2.05, 4.69) is 20.5 Å². The van der Waals surface area contributed by atoms with Crippen LogP contribution in [0, 0.1) is 0 Å². The molecule has 29 heavy (non-hydrogen) atoms. The lowest BCUT2D eigenvalue weighted by Crippen LogP contribution is -2.38. The van der Waals surface area contributed by atoms with Crippen LogP contribution in [0.2, 0.25) is 0 Å². The Morgan fingerprint density at radius 1 is 1.14 bits per heavy atom. The van der Waals surface area contributed by atoms with E-state index in [1.165, 1.54) is 23.5 Å². The number of amides is 2. The summed E-state index contributed by atoms with van der Waals surface area (Å²) in [4.78, 5) is 25.1. The molecule has 2 heterocycles. The Bertz CT molecular complexity index is 908. The van der Waals surface area contributed by atoms with Crippen molar-refractivity contribution < 1.29 is 27.5 Å². The number of aromatic nitrogens is 2. The van der Waals surface area contributed by atoms with E-state index in [4.69, 9.17) is 0 Å². The molecule has 152 valence electrons. The van der Waals surface area contributed by atoms with Crippen molar-refractivity contribution in [1.82, 2.24) is 15.1 Å². The Labute approximate surface area is 167 Å². The van der Waals surface area contributed by atoms with Crippen molar-refractivity contribution in [1.29, 1.82) is 0 Å². The van der Waals surface area contributed by atoms with Crippen LogP contribution in [0.25, 0.3) is 0 Å². The van der Waals surface area contributed by atoms with Crippen molar-refractivity contribution in [3.05, 3.63) is 65.1 Å². The normalized spacial score (nSPS) is 12.2. The van der Waals surface area contributed by atoms with Crippen molar-refractivity contribution in [3.63, 3.8) is 0 Å². The lowest BCUT2D eigenvalue weighted by molar-refractivity contribution is -0.274. The van der Waals surface area contributed by atoms with Gasteiger partial charge in [0.05, 0.1) is 0 Å². The summed E-state index contributed by atoms with van der Waals surface area (Å²) < 4.78 is 41.9. The highest BCUT2D eigenvalue weighted by atomic mass is 32.1.